The van der Waals surface area contributed by atoms with Crippen LogP contribution >= 0.6 is 11.3 Å². The highest BCUT2D eigenvalue weighted by molar-refractivity contribution is 7.08. The molecule has 0 unspecified atom stereocenters. The number of hydrogen-bond donors (Lipinski definition) is 1. The van der Waals surface area contributed by atoms with Gasteiger partial charge < -0.3 is 14.5 Å². The zero-order valence-electron chi connectivity index (χ0n) is 13.6. The summed E-state index contributed by atoms with van der Waals surface area (Å²) in [4.78, 5) is 14.7. The van der Waals surface area contributed by atoms with E-state index in [2.05, 4.69) is 10.2 Å². The molecule has 0 bridgehead atoms. The predicted molar refractivity (Wildman–Crippen MR) is 92.1 cm³/mol. The topological polar surface area (TPSA) is 54.7 Å². The maximum Gasteiger partial charge on any atom is 0.252 e. The maximum atomic E-state index is 12.3. The number of nitrogens with zero attached hydrogens (tertiary/aromatic N) is 1. The largest absolute Gasteiger partial charge is 0.468 e. The summed E-state index contributed by atoms with van der Waals surface area (Å²) in [6.45, 7) is 3.44. The summed E-state index contributed by atoms with van der Waals surface area (Å²) in [5.41, 5.74) is 0.628. The first-order valence-corrected chi connectivity index (χ1v) is 9.39. The van der Waals surface area contributed by atoms with Gasteiger partial charge in [-0.2, -0.15) is 11.3 Å². The van der Waals surface area contributed by atoms with Crippen LogP contribution in [-0.4, -0.2) is 42.1 Å². The van der Waals surface area contributed by atoms with E-state index in [4.69, 9.17) is 9.15 Å². The fourth-order valence-corrected chi connectivity index (χ4v) is 4.42. The number of ether oxygens (including phenoxy) is 1. The van der Waals surface area contributed by atoms with Crippen LogP contribution in [0.25, 0.3) is 0 Å². The van der Waals surface area contributed by atoms with Gasteiger partial charge in [-0.25, -0.2) is 0 Å². The van der Waals surface area contributed by atoms with Crippen LogP contribution in [0, 0.1) is 0 Å². The molecule has 1 spiro atoms. The van der Waals surface area contributed by atoms with Gasteiger partial charge in [0.15, 0.2) is 0 Å². The lowest BCUT2D eigenvalue weighted by atomic mass is 9.89. The third-order valence-corrected chi connectivity index (χ3v) is 5.65. The van der Waals surface area contributed by atoms with Crippen molar-refractivity contribution in [2.45, 2.75) is 37.5 Å². The molecule has 0 aromatic carbocycles. The van der Waals surface area contributed by atoms with Crippen molar-refractivity contribution in [3.05, 3.63) is 46.5 Å². The molecule has 6 heteroatoms. The van der Waals surface area contributed by atoms with Crippen LogP contribution < -0.4 is 5.32 Å². The van der Waals surface area contributed by atoms with Gasteiger partial charge in [0.05, 0.1) is 18.4 Å². The van der Waals surface area contributed by atoms with Crippen LogP contribution in [0.5, 0.6) is 0 Å². The van der Waals surface area contributed by atoms with Crippen molar-refractivity contribution in [1.29, 1.82) is 0 Å². The molecule has 24 heavy (non-hydrogen) atoms. The van der Waals surface area contributed by atoms with Crippen molar-refractivity contribution in [2.75, 3.05) is 19.7 Å². The van der Waals surface area contributed by atoms with E-state index in [1.807, 2.05) is 29.0 Å². The molecule has 1 amide bonds. The van der Waals surface area contributed by atoms with Gasteiger partial charge in [0, 0.05) is 36.7 Å². The molecule has 2 saturated heterocycles. The Morgan fingerprint density at radius 3 is 3.21 bits per heavy atom. The highest BCUT2D eigenvalue weighted by Gasteiger charge is 2.43. The Balaban J connectivity index is 1.35. The normalized spacial score (nSPS) is 27.6. The average Bonchev–Trinajstić information content (AvgIpc) is 3.31. The van der Waals surface area contributed by atoms with Gasteiger partial charge in [0.25, 0.3) is 5.91 Å². The Kier molecular flexibility index (Phi) is 4.43. The summed E-state index contributed by atoms with van der Waals surface area (Å²) >= 11 is 1.55. The average molecular weight is 346 g/mol. The smallest absolute Gasteiger partial charge is 0.252 e. The van der Waals surface area contributed by atoms with Crippen LogP contribution in [0.15, 0.2) is 39.6 Å². The van der Waals surface area contributed by atoms with Gasteiger partial charge in [0.1, 0.15) is 5.76 Å². The molecule has 0 radical (unpaired) electrons. The lowest BCUT2D eigenvalue weighted by molar-refractivity contribution is -0.0794. The summed E-state index contributed by atoms with van der Waals surface area (Å²) in [6, 6.07) is 6.00. The van der Waals surface area contributed by atoms with Gasteiger partial charge in [-0.15, -0.1) is 0 Å². The second-order valence-corrected chi connectivity index (χ2v) is 7.53. The molecule has 5 nitrogen and oxygen atoms in total. The summed E-state index contributed by atoms with van der Waals surface area (Å²) in [7, 11) is 0. The van der Waals surface area contributed by atoms with E-state index in [0.717, 1.165) is 50.2 Å². The number of thiophene rings is 1. The first kappa shape index (κ1) is 15.9. The summed E-state index contributed by atoms with van der Waals surface area (Å²) in [5.74, 6) is 1.02. The van der Waals surface area contributed by atoms with Crippen molar-refractivity contribution in [1.82, 2.24) is 10.2 Å². The number of amides is 1. The molecule has 1 N–H and O–H groups in total. The first-order chi connectivity index (χ1) is 11.7. The second-order valence-electron chi connectivity index (χ2n) is 6.75. The van der Waals surface area contributed by atoms with Crippen LogP contribution in [0.3, 0.4) is 0 Å². The van der Waals surface area contributed by atoms with Crippen LogP contribution in [0.2, 0.25) is 0 Å². The number of hydrogen-bond acceptors (Lipinski definition) is 5. The van der Waals surface area contributed by atoms with Gasteiger partial charge >= 0.3 is 0 Å². The lowest BCUT2D eigenvalue weighted by Gasteiger charge is -2.38. The Morgan fingerprint density at radius 1 is 1.46 bits per heavy atom. The monoisotopic (exact) mass is 346 g/mol. The Morgan fingerprint density at radius 2 is 2.42 bits per heavy atom. The summed E-state index contributed by atoms with van der Waals surface area (Å²) in [5, 5.41) is 7.01. The number of rotatable bonds is 4. The highest BCUT2D eigenvalue weighted by atomic mass is 32.1. The van der Waals surface area contributed by atoms with Gasteiger partial charge in [-0.1, -0.05) is 0 Å². The number of nitrogens with one attached hydrogen (secondary N) is 1. The summed E-state index contributed by atoms with van der Waals surface area (Å²) in [6.07, 6.45) is 4.50. The third kappa shape index (κ3) is 3.41. The van der Waals surface area contributed by atoms with Crippen LogP contribution in [0.4, 0.5) is 0 Å². The van der Waals surface area contributed by atoms with Gasteiger partial charge in [-0.3, -0.25) is 9.69 Å². The van der Waals surface area contributed by atoms with Gasteiger partial charge in [0.2, 0.25) is 0 Å². The SMILES string of the molecule is O=C(N[C@H]1CCO[C@]2(CCN(Cc3ccco3)C2)C1)c1ccsc1. The number of likely N-dealkylation sites (tertiary alicyclic amines) is 1. The van der Waals surface area contributed by atoms with E-state index in [1.54, 1.807) is 17.6 Å². The van der Waals surface area contributed by atoms with E-state index in [9.17, 15) is 4.79 Å². The molecule has 2 aromatic rings. The fraction of sp³-hybridized carbons (Fsp3) is 0.500. The molecule has 2 aliphatic heterocycles. The highest BCUT2D eigenvalue weighted by Crippen LogP contribution is 2.35. The molecule has 4 heterocycles. The van der Waals surface area contributed by atoms with E-state index in [-0.39, 0.29) is 17.6 Å². The Hall–Kier alpha value is -1.63. The molecule has 2 aromatic heterocycles. The fourth-order valence-electron chi connectivity index (χ4n) is 3.78. The minimum absolute atomic E-state index is 0.0312. The molecule has 128 valence electrons. The Bertz CT molecular complexity index is 671. The van der Waals surface area contributed by atoms with Crippen molar-refractivity contribution in [3.63, 3.8) is 0 Å². The molecular weight excluding hydrogens is 324 g/mol. The van der Waals surface area contributed by atoms with Crippen LogP contribution in [0.1, 0.15) is 35.4 Å². The quantitative estimate of drug-likeness (QED) is 0.925. The molecule has 2 atom stereocenters. The molecule has 4 rings (SSSR count). The zero-order chi connectivity index (χ0) is 16.4. The maximum absolute atomic E-state index is 12.3. The minimum atomic E-state index is -0.128. The van der Waals surface area contributed by atoms with E-state index < -0.39 is 0 Å². The second kappa shape index (κ2) is 6.70. The van der Waals surface area contributed by atoms with E-state index in [0.29, 0.717) is 6.61 Å². The molecule has 0 aliphatic carbocycles. The zero-order valence-corrected chi connectivity index (χ0v) is 14.4. The molecule has 0 saturated carbocycles. The Labute approximate surface area is 145 Å². The van der Waals surface area contributed by atoms with Gasteiger partial charge in [-0.05, 0) is 42.8 Å². The van der Waals surface area contributed by atoms with Crippen LogP contribution in [-0.2, 0) is 11.3 Å². The predicted octanol–water partition coefficient (Wildman–Crippen LogP) is 2.89. The minimum Gasteiger partial charge on any atom is -0.468 e. The third-order valence-electron chi connectivity index (χ3n) is 4.97. The number of carbonyl (C=O) groups excluding carboxylic acids is 1. The van der Waals surface area contributed by atoms with Crippen molar-refractivity contribution in [3.8, 4) is 0 Å². The standard InChI is InChI=1S/C18H22N2O3S/c21-17(14-4-9-24-12-14)19-15-3-8-23-18(10-15)5-6-20(13-18)11-16-2-1-7-22-16/h1-2,4,7,9,12,15H,3,5-6,8,10-11,13H2,(H,19,21)/t15-,18+/m0/s1. The molecular formula is C18H22N2O3S. The van der Waals surface area contributed by atoms with Crippen molar-refractivity contribution in [2.24, 2.45) is 0 Å². The molecule has 2 aliphatic rings. The first-order valence-electron chi connectivity index (χ1n) is 8.44. The lowest BCUT2D eigenvalue weighted by Crippen LogP contribution is -2.49. The molecule has 2 fully saturated rings. The number of furan rings is 1. The number of carbonyl (C=O) groups is 1. The van der Waals surface area contributed by atoms with Crippen molar-refractivity contribution < 1.29 is 13.9 Å². The van der Waals surface area contributed by atoms with Crippen molar-refractivity contribution >= 4 is 17.2 Å². The summed E-state index contributed by atoms with van der Waals surface area (Å²) < 4.78 is 11.6. The van der Waals surface area contributed by atoms with E-state index in [1.165, 1.54) is 0 Å². The van der Waals surface area contributed by atoms with E-state index >= 15 is 0 Å².